The summed E-state index contributed by atoms with van der Waals surface area (Å²) < 4.78 is 9.71. The second-order valence-corrected chi connectivity index (χ2v) is 6.27. The maximum Gasteiger partial charge on any atom is 0.165 e. The van der Waals surface area contributed by atoms with E-state index in [0.29, 0.717) is 5.92 Å². The lowest BCUT2D eigenvalue weighted by molar-refractivity contribution is -0.0239. The third-order valence-electron chi connectivity index (χ3n) is 4.51. The number of hydrogen-bond acceptors (Lipinski definition) is 6. The molecule has 0 unspecified atom stereocenters. The largest absolute Gasteiger partial charge is 0.373 e. The van der Waals surface area contributed by atoms with Gasteiger partial charge >= 0.3 is 0 Å². The number of nitrogens with zero attached hydrogens (tertiary/aromatic N) is 6. The van der Waals surface area contributed by atoms with Crippen LogP contribution < -0.4 is 5.32 Å². The van der Waals surface area contributed by atoms with Crippen LogP contribution in [-0.2, 0) is 11.8 Å². The lowest BCUT2D eigenvalue weighted by atomic mass is 9.91. The van der Waals surface area contributed by atoms with Gasteiger partial charge in [-0.3, -0.25) is 9.08 Å². The van der Waals surface area contributed by atoms with Gasteiger partial charge in [0, 0.05) is 43.9 Å². The molecule has 1 N–H and O–H groups in total. The van der Waals surface area contributed by atoms with Crippen LogP contribution in [0.3, 0.4) is 0 Å². The Morgan fingerprint density at radius 1 is 1.42 bits per heavy atom. The zero-order valence-electron chi connectivity index (χ0n) is 13.9. The highest BCUT2D eigenvalue weighted by Crippen LogP contribution is 2.33. The number of aromatic nitrogens is 6. The standard InChI is InChI=1S/C16H21N7O/c1-11-20-14(6-15-21-18-10-23(11)15)17-7-12-4-3-5-24-16(12)13-8-19-22(2)9-13/h6,8-10,12,16-17H,3-5,7H2,1-2H3/t12-,16+/m0/s1. The van der Waals surface area contributed by atoms with Gasteiger partial charge in [0.15, 0.2) is 5.65 Å². The van der Waals surface area contributed by atoms with E-state index >= 15 is 0 Å². The molecule has 0 aromatic carbocycles. The fourth-order valence-electron chi connectivity index (χ4n) is 3.31. The molecule has 24 heavy (non-hydrogen) atoms. The summed E-state index contributed by atoms with van der Waals surface area (Å²) in [7, 11) is 1.93. The molecule has 0 saturated carbocycles. The van der Waals surface area contributed by atoms with Gasteiger partial charge in [0.2, 0.25) is 0 Å². The van der Waals surface area contributed by atoms with Gasteiger partial charge in [-0.05, 0) is 19.8 Å². The van der Waals surface area contributed by atoms with Crippen molar-refractivity contribution in [2.24, 2.45) is 13.0 Å². The summed E-state index contributed by atoms with van der Waals surface area (Å²) in [4.78, 5) is 4.57. The molecule has 0 spiro atoms. The summed E-state index contributed by atoms with van der Waals surface area (Å²) in [6.07, 6.45) is 7.89. The molecular formula is C16H21N7O. The Morgan fingerprint density at radius 2 is 2.33 bits per heavy atom. The number of aryl methyl sites for hydroxylation is 2. The van der Waals surface area contributed by atoms with Gasteiger partial charge in [0.1, 0.15) is 18.0 Å². The Morgan fingerprint density at radius 3 is 3.17 bits per heavy atom. The van der Waals surface area contributed by atoms with Gasteiger partial charge in [0.05, 0.1) is 12.3 Å². The number of hydrogen-bond donors (Lipinski definition) is 1. The summed E-state index contributed by atoms with van der Waals surface area (Å²) in [6, 6.07) is 1.92. The second-order valence-electron chi connectivity index (χ2n) is 6.27. The van der Waals surface area contributed by atoms with Crippen molar-refractivity contribution in [3.8, 4) is 0 Å². The second kappa shape index (κ2) is 6.20. The minimum atomic E-state index is 0.0814. The maximum atomic E-state index is 6.02. The van der Waals surface area contributed by atoms with Crippen molar-refractivity contribution in [3.05, 3.63) is 36.2 Å². The quantitative estimate of drug-likeness (QED) is 0.786. The van der Waals surface area contributed by atoms with Crippen molar-refractivity contribution in [2.45, 2.75) is 25.9 Å². The lowest BCUT2D eigenvalue weighted by Crippen LogP contribution is -2.28. The predicted molar refractivity (Wildman–Crippen MR) is 88.6 cm³/mol. The lowest BCUT2D eigenvalue weighted by Gasteiger charge is -2.31. The van der Waals surface area contributed by atoms with Crippen molar-refractivity contribution in [1.29, 1.82) is 0 Å². The number of fused-ring (bicyclic) bond motifs is 1. The summed E-state index contributed by atoms with van der Waals surface area (Å²) >= 11 is 0. The van der Waals surface area contributed by atoms with Gasteiger partial charge < -0.3 is 10.1 Å². The molecule has 126 valence electrons. The first-order valence-electron chi connectivity index (χ1n) is 8.22. The number of rotatable bonds is 4. The number of nitrogens with one attached hydrogen (secondary N) is 1. The fraction of sp³-hybridized carbons (Fsp3) is 0.500. The minimum absolute atomic E-state index is 0.0814. The SMILES string of the molecule is Cc1nc(NC[C@@H]2CCCO[C@H]2c2cnn(C)c2)cc2nncn12. The molecule has 8 nitrogen and oxygen atoms in total. The van der Waals surface area contributed by atoms with Crippen LogP contribution >= 0.6 is 0 Å². The normalized spacial score (nSPS) is 21.2. The molecule has 1 aliphatic heterocycles. The van der Waals surface area contributed by atoms with Crippen LogP contribution in [0.15, 0.2) is 24.8 Å². The first-order chi connectivity index (χ1) is 11.7. The van der Waals surface area contributed by atoms with Gasteiger partial charge in [-0.25, -0.2) is 4.98 Å². The molecule has 0 bridgehead atoms. The Kier molecular flexibility index (Phi) is 3.89. The van der Waals surface area contributed by atoms with Crippen LogP contribution in [0.2, 0.25) is 0 Å². The van der Waals surface area contributed by atoms with Crippen molar-refractivity contribution in [1.82, 2.24) is 29.4 Å². The van der Waals surface area contributed by atoms with E-state index in [-0.39, 0.29) is 6.10 Å². The zero-order chi connectivity index (χ0) is 16.5. The smallest absolute Gasteiger partial charge is 0.165 e. The number of ether oxygens (including phenoxy) is 1. The van der Waals surface area contributed by atoms with Gasteiger partial charge in [-0.15, -0.1) is 10.2 Å². The third kappa shape index (κ3) is 2.84. The Labute approximate surface area is 139 Å². The molecule has 0 amide bonds. The van der Waals surface area contributed by atoms with Gasteiger partial charge in [0.25, 0.3) is 0 Å². The highest BCUT2D eigenvalue weighted by Gasteiger charge is 2.28. The van der Waals surface area contributed by atoms with Crippen molar-refractivity contribution >= 4 is 11.5 Å². The summed E-state index contributed by atoms with van der Waals surface area (Å²) in [5.41, 5.74) is 1.94. The average molecular weight is 327 g/mol. The van der Waals surface area contributed by atoms with Gasteiger partial charge in [-0.2, -0.15) is 5.10 Å². The molecule has 2 atom stereocenters. The zero-order valence-corrected chi connectivity index (χ0v) is 13.9. The molecule has 4 heterocycles. The van der Waals surface area contributed by atoms with E-state index in [1.165, 1.54) is 0 Å². The van der Waals surface area contributed by atoms with Crippen LogP contribution in [0, 0.1) is 12.8 Å². The van der Waals surface area contributed by atoms with Gasteiger partial charge in [-0.1, -0.05) is 0 Å². The van der Waals surface area contributed by atoms with Crippen molar-refractivity contribution in [3.63, 3.8) is 0 Å². The molecular weight excluding hydrogens is 306 g/mol. The first-order valence-corrected chi connectivity index (χ1v) is 8.22. The van der Waals surface area contributed by atoms with Crippen LogP contribution in [0.1, 0.15) is 30.3 Å². The number of anilines is 1. The highest BCUT2D eigenvalue weighted by molar-refractivity contribution is 5.49. The first kappa shape index (κ1) is 15.1. The van der Waals surface area contributed by atoms with Crippen molar-refractivity contribution < 1.29 is 4.74 Å². The molecule has 3 aromatic heterocycles. The van der Waals surface area contributed by atoms with E-state index in [4.69, 9.17) is 4.74 Å². The highest BCUT2D eigenvalue weighted by atomic mass is 16.5. The minimum Gasteiger partial charge on any atom is -0.373 e. The Balaban J connectivity index is 1.50. The maximum absolute atomic E-state index is 6.02. The van der Waals surface area contributed by atoms with E-state index < -0.39 is 0 Å². The summed E-state index contributed by atoms with van der Waals surface area (Å²) in [5, 5.41) is 15.7. The molecule has 1 fully saturated rings. The fourth-order valence-corrected chi connectivity index (χ4v) is 3.31. The molecule has 0 radical (unpaired) electrons. The molecule has 4 rings (SSSR count). The molecule has 0 aliphatic carbocycles. The Hall–Kier alpha value is -2.48. The average Bonchev–Trinajstić information content (AvgIpc) is 3.22. The van der Waals surface area contributed by atoms with E-state index in [0.717, 1.165) is 48.8 Å². The van der Waals surface area contributed by atoms with Crippen LogP contribution in [0.4, 0.5) is 5.82 Å². The summed E-state index contributed by atoms with van der Waals surface area (Å²) in [5.74, 6) is 2.08. The third-order valence-corrected chi connectivity index (χ3v) is 4.51. The monoisotopic (exact) mass is 327 g/mol. The van der Waals surface area contributed by atoms with E-state index in [9.17, 15) is 0 Å². The Bertz CT molecular complexity index is 840. The van der Waals surface area contributed by atoms with Crippen molar-refractivity contribution in [2.75, 3.05) is 18.5 Å². The van der Waals surface area contributed by atoms with E-state index in [2.05, 4.69) is 25.6 Å². The van der Waals surface area contributed by atoms with Crippen LogP contribution in [0.5, 0.6) is 0 Å². The topological polar surface area (TPSA) is 82.2 Å². The van der Waals surface area contributed by atoms with Crippen LogP contribution in [0.25, 0.3) is 5.65 Å². The summed E-state index contributed by atoms with van der Waals surface area (Å²) in [6.45, 7) is 3.55. The molecule has 8 heteroatoms. The van der Waals surface area contributed by atoms with E-state index in [1.54, 1.807) is 6.33 Å². The molecule has 3 aromatic rings. The van der Waals surface area contributed by atoms with E-state index in [1.807, 2.05) is 41.5 Å². The molecule has 1 aliphatic rings. The predicted octanol–water partition coefficient (Wildman–Crippen LogP) is 1.75. The molecule has 1 saturated heterocycles. The van der Waals surface area contributed by atoms with Crippen LogP contribution in [-0.4, -0.2) is 42.5 Å².